The number of rotatable bonds is 3. The van der Waals surface area contributed by atoms with E-state index in [0.717, 1.165) is 5.56 Å². The predicted octanol–water partition coefficient (Wildman–Crippen LogP) is 3.26. The van der Waals surface area contributed by atoms with E-state index in [1.54, 1.807) is 12.1 Å². The Balaban J connectivity index is 2.06. The number of para-hydroxylation sites is 1. The summed E-state index contributed by atoms with van der Waals surface area (Å²) in [5.41, 5.74) is 0.830. The van der Waals surface area contributed by atoms with Gasteiger partial charge in [0.15, 0.2) is 0 Å². The maximum atomic E-state index is 11.8. The van der Waals surface area contributed by atoms with Crippen molar-refractivity contribution < 1.29 is 9.53 Å². The Morgan fingerprint density at radius 3 is 2.06 bits per heavy atom. The van der Waals surface area contributed by atoms with Crippen LogP contribution in [0.1, 0.15) is 10.8 Å². The summed E-state index contributed by atoms with van der Waals surface area (Å²) in [4.78, 5) is 11.8. The van der Waals surface area contributed by atoms with Crippen molar-refractivity contribution in [2.75, 3.05) is 0 Å². The van der Waals surface area contributed by atoms with Crippen LogP contribution in [0.15, 0.2) is 60.7 Å². The maximum Gasteiger partial charge on any atom is 0.328 e. The van der Waals surface area contributed by atoms with Gasteiger partial charge in [0, 0.05) is 0 Å². The van der Waals surface area contributed by atoms with E-state index in [1.807, 2.05) is 48.5 Å². The van der Waals surface area contributed by atoms with Crippen LogP contribution in [0.4, 0.5) is 0 Å². The number of esters is 1. The molecule has 2 rings (SSSR count). The van der Waals surface area contributed by atoms with Crippen LogP contribution in [0.3, 0.4) is 0 Å². The number of hydrogen-bond donors (Lipinski definition) is 1. The molecule has 0 N–H and O–H groups in total. The molecule has 2 aromatic carbocycles. The molecule has 86 valence electrons. The van der Waals surface area contributed by atoms with E-state index in [1.165, 1.54) is 0 Å². The number of carbonyl (C=O) groups is 1. The highest BCUT2D eigenvalue weighted by Crippen LogP contribution is 2.22. The molecule has 0 spiro atoms. The highest BCUT2D eigenvalue weighted by Gasteiger charge is 2.17. The first-order chi connectivity index (χ1) is 8.27. The van der Waals surface area contributed by atoms with Crippen LogP contribution in [0, 0.1) is 0 Å². The smallest absolute Gasteiger partial charge is 0.328 e. The molecule has 2 nitrogen and oxygen atoms in total. The average Bonchev–Trinajstić information content (AvgIpc) is 2.40. The zero-order valence-electron chi connectivity index (χ0n) is 9.11. The van der Waals surface area contributed by atoms with E-state index < -0.39 is 5.25 Å². The van der Waals surface area contributed by atoms with Crippen molar-refractivity contribution in [1.29, 1.82) is 0 Å². The molecule has 0 heterocycles. The number of hydrogen-bond acceptors (Lipinski definition) is 3. The van der Waals surface area contributed by atoms with Crippen molar-refractivity contribution in [2.45, 2.75) is 5.25 Å². The summed E-state index contributed by atoms with van der Waals surface area (Å²) in [5.74, 6) is 0.165. The lowest BCUT2D eigenvalue weighted by Crippen LogP contribution is -2.14. The lowest BCUT2D eigenvalue weighted by Gasteiger charge is -2.10. The summed E-state index contributed by atoms with van der Waals surface area (Å²) < 4.78 is 5.22. The molecule has 0 bridgehead atoms. The fourth-order valence-corrected chi connectivity index (χ4v) is 1.66. The molecule has 2 aromatic rings. The van der Waals surface area contributed by atoms with Gasteiger partial charge < -0.3 is 4.74 Å². The lowest BCUT2D eigenvalue weighted by molar-refractivity contribution is -0.133. The fourth-order valence-electron chi connectivity index (χ4n) is 1.43. The van der Waals surface area contributed by atoms with Gasteiger partial charge in [0.1, 0.15) is 11.0 Å². The first-order valence-electron chi connectivity index (χ1n) is 5.27. The van der Waals surface area contributed by atoms with Crippen molar-refractivity contribution in [2.24, 2.45) is 0 Å². The highest BCUT2D eigenvalue weighted by atomic mass is 32.1. The van der Waals surface area contributed by atoms with Gasteiger partial charge in [-0.15, -0.1) is 0 Å². The van der Waals surface area contributed by atoms with E-state index in [2.05, 4.69) is 12.6 Å². The largest absolute Gasteiger partial charge is 0.425 e. The number of carbonyl (C=O) groups excluding carboxylic acids is 1. The number of benzene rings is 2. The molecule has 0 aliphatic carbocycles. The Labute approximate surface area is 106 Å². The molecule has 1 unspecified atom stereocenters. The zero-order chi connectivity index (χ0) is 12.1. The van der Waals surface area contributed by atoms with Gasteiger partial charge in [-0.1, -0.05) is 48.5 Å². The predicted molar refractivity (Wildman–Crippen MR) is 70.2 cm³/mol. The van der Waals surface area contributed by atoms with Crippen LogP contribution in [0.25, 0.3) is 0 Å². The molecular formula is C14H12O2S. The molecule has 17 heavy (non-hydrogen) atoms. The molecular weight excluding hydrogens is 232 g/mol. The van der Waals surface area contributed by atoms with Crippen molar-refractivity contribution in [3.8, 4) is 5.75 Å². The molecule has 0 saturated heterocycles. The minimum atomic E-state index is -0.559. The zero-order valence-corrected chi connectivity index (χ0v) is 10.0. The van der Waals surface area contributed by atoms with Crippen LogP contribution >= 0.6 is 12.6 Å². The Morgan fingerprint density at radius 1 is 0.941 bits per heavy atom. The Hall–Kier alpha value is -1.74. The van der Waals surface area contributed by atoms with E-state index in [-0.39, 0.29) is 5.97 Å². The third kappa shape index (κ3) is 3.11. The SMILES string of the molecule is O=C(Oc1ccccc1)C(S)c1ccccc1. The monoisotopic (exact) mass is 244 g/mol. The second-order valence-electron chi connectivity index (χ2n) is 3.55. The second-order valence-corrected chi connectivity index (χ2v) is 4.06. The van der Waals surface area contributed by atoms with Crippen molar-refractivity contribution in [3.05, 3.63) is 66.2 Å². The summed E-state index contributed by atoms with van der Waals surface area (Å²) in [7, 11) is 0. The average molecular weight is 244 g/mol. The summed E-state index contributed by atoms with van der Waals surface area (Å²) in [5, 5.41) is -0.559. The molecule has 0 aromatic heterocycles. The fraction of sp³-hybridized carbons (Fsp3) is 0.0714. The summed E-state index contributed by atoms with van der Waals surface area (Å²) in [6.07, 6.45) is 0. The van der Waals surface area contributed by atoms with Gasteiger partial charge >= 0.3 is 5.97 Å². The molecule has 0 radical (unpaired) electrons. The van der Waals surface area contributed by atoms with Gasteiger partial charge in [-0.25, -0.2) is 0 Å². The van der Waals surface area contributed by atoms with Crippen LogP contribution < -0.4 is 4.74 Å². The van der Waals surface area contributed by atoms with Crippen LogP contribution in [-0.2, 0) is 4.79 Å². The molecule has 0 aliphatic heterocycles. The Morgan fingerprint density at radius 2 is 1.47 bits per heavy atom. The third-order valence-electron chi connectivity index (χ3n) is 2.30. The van der Waals surface area contributed by atoms with Gasteiger partial charge in [-0.2, -0.15) is 12.6 Å². The number of ether oxygens (including phenoxy) is 1. The minimum Gasteiger partial charge on any atom is -0.425 e. The first-order valence-corrected chi connectivity index (χ1v) is 5.79. The summed E-state index contributed by atoms with van der Waals surface area (Å²) in [6, 6.07) is 18.3. The highest BCUT2D eigenvalue weighted by molar-refractivity contribution is 7.81. The van der Waals surface area contributed by atoms with Crippen molar-refractivity contribution in [1.82, 2.24) is 0 Å². The molecule has 0 fully saturated rings. The first kappa shape index (κ1) is 11.7. The quantitative estimate of drug-likeness (QED) is 0.509. The topological polar surface area (TPSA) is 26.3 Å². The van der Waals surface area contributed by atoms with E-state index in [0.29, 0.717) is 5.75 Å². The van der Waals surface area contributed by atoms with Crippen LogP contribution in [-0.4, -0.2) is 5.97 Å². The molecule has 0 aliphatic rings. The number of thiol groups is 1. The summed E-state index contributed by atoms with van der Waals surface area (Å²) in [6.45, 7) is 0. The van der Waals surface area contributed by atoms with Gasteiger partial charge in [0.05, 0.1) is 0 Å². The van der Waals surface area contributed by atoms with Crippen molar-refractivity contribution >= 4 is 18.6 Å². The van der Waals surface area contributed by atoms with Gasteiger partial charge in [-0.05, 0) is 17.7 Å². The minimum absolute atomic E-state index is 0.370. The van der Waals surface area contributed by atoms with Crippen LogP contribution in [0.5, 0.6) is 5.75 Å². The third-order valence-corrected chi connectivity index (χ3v) is 2.81. The van der Waals surface area contributed by atoms with Crippen LogP contribution in [0.2, 0.25) is 0 Å². The van der Waals surface area contributed by atoms with E-state index in [9.17, 15) is 4.79 Å². The second kappa shape index (κ2) is 5.55. The Bertz CT molecular complexity index is 482. The van der Waals surface area contributed by atoms with Gasteiger partial charge in [-0.3, -0.25) is 4.79 Å². The molecule has 3 heteroatoms. The Kier molecular flexibility index (Phi) is 3.83. The van der Waals surface area contributed by atoms with Gasteiger partial charge in [0.2, 0.25) is 0 Å². The summed E-state index contributed by atoms with van der Waals surface area (Å²) >= 11 is 4.27. The van der Waals surface area contributed by atoms with Crippen molar-refractivity contribution in [3.63, 3.8) is 0 Å². The van der Waals surface area contributed by atoms with E-state index in [4.69, 9.17) is 4.74 Å². The van der Waals surface area contributed by atoms with Gasteiger partial charge in [0.25, 0.3) is 0 Å². The molecule has 0 saturated carbocycles. The standard InChI is InChI=1S/C14H12O2S/c15-14(16-12-9-5-2-6-10-12)13(17)11-7-3-1-4-8-11/h1-10,13,17H. The maximum absolute atomic E-state index is 11.8. The molecule has 0 amide bonds. The van der Waals surface area contributed by atoms with E-state index >= 15 is 0 Å². The molecule has 1 atom stereocenters. The lowest BCUT2D eigenvalue weighted by atomic mass is 10.1. The normalized spacial score (nSPS) is 11.8.